The number of amides is 1. The molecule has 1 N–H and O–H groups in total. The van der Waals surface area contributed by atoms with Crippen molar-refractivity contribution in [2.24, 2.45) is 7.05 Å². The first-order valence-electron chi connectivity index (χ1n) is 10.4. The molecule has 0 saturated heterocycles. The highest BCUT2D eigenvalue weighted by atomic mass is 32.2. The quantitative estimate of drug-likeness (QED) is 0.467. The van der Waals surface area contributed by atoms with E-state index in [9.17, 15) is 4.79 Å². The van der Waals surface area contributed by atoms with E-state index in [1.807, 2.05) is 11.6 Å². The van der Waals surface area contributed by atoms with Gasteiger partial charge in [0, 0.05) is 28.8 Å². The van der Waals surface area contributed by atoms with Crippen LogP contribution in [0.3, 0.4) is 0 Å². The van der Waals surface area contributed by atoms with Crippen molar-refractivity contribution >= 4 is 45.5 Å². The van der Waals surface area contributed by atoms with Crippen molar-refractivity contribution in [3.8, 4) is 11.4 Å². The van der Waals surface area contributed by atoms with E-state index in [0.717, 1.165) is 34.4 Å². The highest BCUT2D eigenvalue weighted by Gasteiger charge is 2.20. The highest BCUT2D eigenvalue weighted by molar-refractivity contribution is 7.99. The zero-order valence-electron chi connectivity index (χ0n) is 17.3. The Morgan fingerprint density at radius 3 is 2.87 bits per heavy atom. The van der Waals surface area contributed by atoms with E-state index >= 15 is 0 Å². The average Bonchev–Trinajstić information content (AvgIpc) is 3.48. The van der Waals surface area contributed by atoms with Crippen LogP contribution in [0.1, 0.15) is 61.3 Å². The third kappa shape index (κ3) is 5.09. The first kappa shape index (κ1) is 21.5. The number of thioether (sulfide) groups is 1. The standard InChI is InChI=1S/C20H26N6OS3/c1-3-7-15-10-14(11-28-15)17-22-25-20(26(17)2)29-12-16(27)21-19-24-23-18(30-19)13-8-5-4-6-9-13/h10-11,13H,3-9,12H2,1-2H3,(H,21,24,27). The average molecular weight is 463 g/mol. The molecule has 3 aromatic heterocycles. The summed E-state index contributed by atoms with van der Waals surface area (Å²) in [5.41, 5.74) is 1.08. The summed E-state index contributed by atoms with van der Waals surface area (Å²) in [6.07, 6.45) is 8.39. The maximum Gasteiger partial charge on any atom is 0.236 e. The summed E-state index contributed by atoms with van der Waals surface area (Å²) in [4.78, 5) is 13.7. The summed E-state index contributed by atoms with van der Waals surface area (Å²) < 4.78 is 1.95. The van der Waals surface area contributed by atoms with Gasteiger partial charge in [0.15, 0.2) is 11.0 Å². The molecule has 0 atom stereocenters. The van der Waals surface area contributed by atoms with E-state index < -0.39 is 0 Å². The minimum absolute atomic E-state index is 0.100. The van der Waals surface area contributed by atoms with Crippen molar-refractivity contribution in [3.63, 3.8) is 0 Å². The summed E-state index contributed by atoms with van der Waals surface area (Å²) in [7, 11) is 1.94. The number of rotatable bonds is 8. The van der Waals surface area contributed by atoms with Gasteiger partial charge in [0.25, 0.3) is 0 Å². The second kappa shape index (κ2) is 10.0. The van der Waals surface area contributed by atoms with Crippen LogP contribution in [-0.2, 0) is 18.3 Å². The summed E-state index contributed by atoms with van der Waals surface area (Å²) in [6, 6.07) is 2.18. The smallest absolute Gasteiger partial charge is 0.236 e. The molecule has 1 aliphatic rings. The number of carbonyl (C=O) groups is 1. The molecule has 1 saturated carbocycles. The minimum Gasteiger partial charge on any atom is -0.305 e. The van der Waals surface area contributed by atoms with Gasteiger partial charge in [-0.1, -0.05) is 55.7 Å². The predicted molar refractivity (Wildman–Crippen MR) is 123 cm³/mol. The van der Waals surface area contributed by atoms with Crippen LogP contribution in [0.25, 0.3) is 11.4 Å². The molecule has 1 amide bonds. The zero-order chi connectivity index (χ0) is 20.9. The molecule has 30 heavy (non-hydrogen) atoms. The molecule has 0 spiro atoms. The maximum absolute atomic E-state index is 12.4. The van der Waals surface area contributed by atoms with Gasteiger partial charge < -0.3 is 4.57 Å². The number of anilines is 1. The van der Waals surface area contributed by atoms with Gasteiger partial charge in [-0.05, 0) is 25.3 Å². The number of nitrogens with zero attached hydrogens (tertiary/aromatic N) is 5. The van der Waals surface area contributed by atoms with Crippen molar-refractivity contribution in [2.45, 2.75) is 62.9 Å². The molecule has 0 bridgehead atoms. The SMILES string of the molecule is CCCc1cc(-c2nnc(SCC(=O)Nc3nnc(C4CCCCC4)s3)n2C)cs1. The lowest BCUT2D eigenvalue weighted by molar-refractivity contribution is -0.113. The van der Waals surface area contributed by atoms with Gasteiger partial charge in [0.1, 0.15) is 5.01 Å². The van der Waals surface area contributed by atoms with E-state index in [4.69, 9.17) is 0 Å². The molecule has 0 aromatic carbocycles. The predicted octanol–water partition coefficient (Wildman–Crippen LogP) is 5.13. The molecule has 0 aliphatic heterocycles. The monoisotopic (exact) mass is 462 g/mol. The Morgan fingerprint density at radius 2 is 2.07 bits per heavy atom. The molecule has 3 heterocycles. The van der Waals surface area contributed by atoms with E-state index in [-0.39, 0.29) is 11.7 Å². The fourth-order valence-corrected chi connectivity index (χ4v) is 6.26. The van der Waals surface area contributed by atoms with Crippen LogP contribution in [0, 0.1) is 0 Å². The van der Waals surface area contributed by atoms with Gasteiger partial charge in [-0.25, -0.2) is 0 Å². The Hall–Kier alpha value is -1.78. The van der Waals surface area contributed by atoms with Crippen molar-refractivity contribution in [1.82, 2.24) is 25.0 Å². The van der Waals surface area contributed by atoms with Gasteiger partial charge in [-0.15, -0.1) is 31.7 Å². The van der Waals surface area contributed by atoms with Gasteiger partial charge in [-0.2, -0.15) is 0 Å². The molecule has 0 unspecified atom stereocenters. The molecular formula is C20H26N6OS3. The lowest BCUT2D eigenvalue weighted by atomic mass is 9.90. The van der Waals surface area contributed by atoms with Gasteiger partial charge in [0.2, 0.25) is 11.0 Å². The third-order valence-electron chi connectivity index (χ3n) is 5.22. The Kier molecular flexibility index (Phi) is 7.16. The molecule has 4 rings (SSSR count). The van der Waals surface area contributed by atoms with Crippen LogP contribution in [-0.4, -0.2) is 36.6 Å². The normalized spacial score (nSPS) is 14.9. The largest absolute Gasteiger partial charge is 0.305 e. The summed E-state index contributed by atoms with van der Waals surface area (Å²) in [6.45, 7) is 2.18. The van der Waals surface area contributed by atoms with Crippen molar-refractivity contribution in [3.05, 3.63) is 21.3 Å². The molecule has 1 fully saturated rings. The molecule has 160 valence electrons. The number of aryl methyl sites for hydroxylation is 1. The Balaban J connectivity index is 1.32. The maximum atomic E-state index is 12.4. The van der Waals surface area contributed by atoms with Crippen LogP contribution in [0.5, 0.6) is 0 Å². The molecule has 3 aromatic rings. The molecule has 1 aliphatic carbocycles. The molecule has 0 radical (unpaired) electrons. The number of hydrogen-bond donors (Lipinski definition) is 1. The second-order valence-corrected chi connectivity index (χ2v) is 10.5. The van der Waals surface area contributed by atoms with E-state index in [1.54, 1.807) is 11.3 Å². The van der Waals surface area contributed by atoms with Crippen LogP contribution >= 0.6 is 34.4 Å². The van der Waals surface area contributed by atoms with Crippen molar-refractivity contribution in [1.29, 1.82) is 0 Å². The lowest BCUT2D eigenvalue weighted by Crippen LogP contribution is -2.14. The van der Waals surface area contributed by atoms with Crippen LogP contribution in [0.15, 0.2) is 16.6 Å². The van der Waals surface area contributed by atoms with Crippen LogP contribution in [0.4, 0.5) is 5.13 Å². The first-order valence-corrected chi connectivity index (χ1v) is 13.1. The van der Waals surface area contributed by atoms with Crippen molar-refractivity contribution < 1.29 is 4.79 Å². The van der Waals surface area contributed by atoms with Crippen LogP contribution in [0.2, 0.25) is 0 Å². The van der Waals surface area contributed by atoms with E-state index in [1.165, 1.54) is 60.1 Å². The molecule has 10 heteroatoms. The fraction of sp³-hybridized carbons (Fsp3) is 0.550. The van der Waals surface area contributed by atoms with Gasteiger partial charge >= 0.3 is 0 Å². The Bertz CT molecular complexity index is 989. The van der Waals surface area contributed by atoms with E-state index in [2.05, 4.69) is 44.1 Å². The van der Waals surface area contributed by atoms with Crippen LogP contribution < -0.4 is 5.32 Å². The highest BCUT2D eigenvalue weighted by Crippen LogP contribution is 2.35. The van der Waals surface area contributed by atoms with Gasteiger partial charge in [0.05, 0.1) is 5.75 Å². The number of carbonyl (C=O) groups excluding carboxylic acids is 1. The van der Waals surface area contributed by atoms with E-state index in [0.29, 0.717) is 11.0 Å². The molecule has 7 nitrogen and oxygen atoms in total. The number of hydrogen-bond acceptors (Lipinski definition) is 8. The summed E-state index contributed by atoms with van der Waals surface area (Å²) in [5.74, 6) is 1.49. The zero-order valence-corrected chi connectivity index (χ0v) is 19.7. The minimum atomic E-state index is -0.100. The number of aromatic nitrogens is 5. The summed E-state index contributed by atoms with van der Waals surface area (Å²) in [5, 5.41) is 24.4. The van der Waals surface area contributed by atoms with Gasteiger partial charge in [-0.3, -0.25) is 10.1 Å². The molecular weight excluding hydrogens is 436 g/mol. The second-order valence-electron chi connectivity index (χ2n) is 7.53. The lowest BCUT2D eigenvalue weighted by Gasteiger charge is -2.18. The summed E-state index contributed by atoms with van der Waals surface area (Å²) >= 11 is 4.64. The number of thiophene rings is 1. The topological polar surface area (TPSA) is 85.6 Å². The first-order chi connectivity index (χ1) is 14.6. The Morgan fingerprint density at radius 1 is 1.23 bits per heavy atom. The Labute approximate surface area is 188 Å². The third-order valence-corrected chi connectivity index (χ3v) is 8.23. The van der Waals surface area contributed by atoms with Crippen molar-refractivity contribution in [2.75, 3.05) is 11.1 Å². The number of nitrogens with one attached hydrogen (secondary N) is 1. The fourth-order valence-electron chi connectivity index (χ4n) is 3.65.